The molecule has 18 heavy (non-hydrogen) atoms. The zero-order valence-corrected chi connectivity index (χ0v) is 11.9. The second-order valence-electron chi connectivity index (χ2n) is 4.98. The summed E-state index contributed by atoms with van der Waals surface area (Å²) in [5.74, 6) is -0.164. The van der Waals surface area contributed by atoms with Gasteiger partial charge in [-0.25, -0.2) is 0 Å². The van der Waals surface area contributed by atoms with Crippen molar-refractivity contribution in [2.45, 2.75) is 59.3 Å². The van der Waals surface area contributed by atoms with Crippen molar-refractivity contribution >= 4 is 11.9 Å². The first kappa shape index (κ1) is 16.9. The summed E-state index contributed by atoms with van der Waals surface area (Å²) in [6.07, 6.45) is 4.76. The van der Waals surface area contributed by atoms with Crippen LogP contribution in [-0.2, 0) is 9.59 Å². The van der Waals surface area contributed by atoms with Crippen LogP contribution in [0, 0.1) is 11.8 Å². The molecule has 0 aliphatic heterocycles. The standard InChI is InChI=1S/C14H27NO3/c1-4-6-12(7-8-13(16)17)9-10-15-14(18)11(3)5-2/h11-12H,4-10H2,1-3H3,(H,15,18)(H,16,17). The molecule has 0 saturated carbocycles. The van der Waals surface area contributed by atoms with E-state index in [4.69, 9.17) is 5.11 Å². The maximum atomic E-state index is 11.6. The van der Waals surface area contributed by atoms with Gasteiger partial charge in [-0.15, -0.1) is 0 Å². The third-order valence-corrected chi connectivity index (χ3v) is 3.38. The number of hydrogen-bond acceptors (Lipinski definition) is 2. The Bertz CT molecular complexity index is 253. The summed E-state index contributed by atoms with van der Waals surface area (Å²) in [6, 6.07) is 0. The van der Waals surface area contributed by atoms with Gasteiger partial charge in [-0.05, 0) is 25.2 Å². The number of aliphatic carboxylic acids is 1. The van der Waals surface area contributed by atoms with Gasteiger partial charge in [0.15, 0.2) is 0 Å². The van der Waals surface area contributed by atoms with Gasteiger partial charge < -0.3 is 10.4 Å². The van der Waals surface area contributed by atoms with E-state index in [9.17, 15) is 9.59 Å². The summed E-state index contributed by atoms with van der Waals surface area (Å²) >= 11 is 0. The minimum Gasteiger partial charge on any atom is -0.481 e. The molecule has 0 aliphatic rings. The highest BCUT2D eigenvalue weighted by molar-refractivity contribution is 5.78. The molecule has 0 heterocycles. The van der Waals surface area contributed by atoms with Crippen LogP contribution in [0.5, 0.6) is 0 Å². The van der Waals surface area contributed by atoms with Crippen LogP contribution in [-0.4, -0.2) is 23.5 Å². The first-order chi connectivity index (χ1) is 8.51. The van der Waals surface area contributed by atoms with Crippen LogP contribution in [0.25, 0.3) is 0 Å². The van der Waals surface area contributed by atoms with E-state index in [1.165, 1.54) is 0 Å². The molecule has 0 aromatic rings. The highest BCUT2D eigenvalue weighted by Crippen LogP contribution is 2.17. The van der Waals surface area contributed by atoms with Crippen molar-refractivity contribution in [2.24, 2.45) is 11.8 Å². The number of carbonyl (C=O) groups excluding carboxylic acids is 1. The van der Waals surface area contributed by atoms with Crippen LogP contribution in [0.3, 0.4) is 0 Å². The largest absolute Gasteiger partial charge is 0.481 e. The minimum absolute atomic E-state index is 0.0636. The quantitative estimate of drug-likeness (QED) is 0.632. The third kappa shape index (κ3) is 8.09. The first-order valence-corrected chi connectivity index (χ1v) is 7.00. The van der Waals surface area contributed by atoms with Crippen molar-refractivity contribution < 1.29 is 14.7 Å². The number of amides is 1. The molecule has 0 aliphatic carbocycles. The van der Waals surface area contributed by atoms with Crippen molar-refractivity contribution in [3.05, 3.63) is 0 Å². The Labute approximate surface area is 110 Å². The van der Waals surface area contributed by atoms with Gasteiger partial charge in [-0.1, -0.05) is 33.6 Å². The molecule has 0 rings (SSSR count). The molecule has 4 heteroatoms. The minimum atomic E-state index is -0.736. The number of rotatable bonds is 10. The fraction of sp³-hybridized carbons (Fsp3) is 0.857. The summed E-state index contributed by atoms with van der Waals surface area (Å²) in [4.78, 5) is 22.1. The van der Waals surface area contributed by atoms with Gasteiger partial charge >= 0.3 is 5.97 Å². The highest BCUT2D eigenvalue weighted by Gasteiger charge is 2.13. The molecule has 2 unspecified atom stereocenters. The van der Waals surface area contributed by atoms with Crippen molar-refractivity contribution in [3.63, 3.8) is 0 Å². The molecule has 2 atom stereocenters. The maximum absolute atomic E-state index is 11.6. The zero-order chi connectivity index (χ0) is 14.0. The summed E-state index contributed by atoms with van der Waals surface area (Å²) in [5, 5.41) is 11.6. The molecule has 1 amide bonds. The van der Waals surface area contributed by atoms with Crippen molar-refractivity contribution in [1.29, 1.82) is 0 Å². The van der Waals surface area contributed by atoms with Crippen LogP contribution in [0.15, 0.2) is 0 Å². The van der Waals surface area contributed by atoms with E-state index in [1.54, 1.807) is 0 Å². The normalized spacial score (nSPS) is 13.9. The Kier molecular flexibility index (Phi) is 9.33. The summed E-state index contributed by atoms with van der Waals surface area (Å²) in [5.41, 5.74) is 0. The predicted molar refractivity (Wildman–Crippen MR) is 72.3 cm³/mol. The molecule has 0 aromatic heterocycles. The van der Waals surface area contributed by atoms with Gasteiger partial charge in [0, 0.05) is 18.9 Å². The lowest BCUT2D eigenvalue weighted by atomic mass is 9.94. The van der Waals surface area contributed by atoms with Gasteiger partial charge in [0.2, 0.25) is 5.91 Å². The highest BCUT2D eigenvalue weighted by atomic mass is 16.4. The Morgan fingerprint density at radius 2 is 1.83 bits per heavy atom. The van der Waals surface area contributed by atoms with E-state index in [0.717, 1.165) is 25.7 Å². The van der Waals surface area contributed by atoms with Gasteiger partial charge in [-0.2, -0.15) is 0 Å². The lowest BCUT2D eigenvalue weighted by Crippen LogP contribution is -2.30. The lowest BCUT2D eigenvalue weighted by molar-refractivity contribution is -0.137. The molecule has 106 valence electrons. The molecular weight excluding hydrogens is 230 g/mol. The topological polar surface area (TPSA) is 66.4 Å². The fourth-order valence-corrected chi connectivity index (χ4v) is 1.93. The lowest BCUT2D eigenvalue weighted by Gasteiger charge is -2.16. The fourth-order valence-electron chi connectivity index (χ4n) is 1.93. The molecule has 4 nitrogen and oxygen atoms in total. The molecular formula is C14H27NO3. The van der Waals surface area contributed by atoms with Crippen molar-refractivity contribution in [2.75, 3.05) is 6.54 Å². The number of carboxylic acid groups (broad SMARTS) is 1. The van der Waals surface area contributed by atoms with Gasteiger partial charge in [0.05, 0.1) is 0 Å². The van der Waals surface area contributed by atoms with Gasteiger partial charge in [0.1, 0.15) is 0 Å². The molecule has 0 fully saturated rings. The number of hydrogen-bond donors (Lipinski definition) is 2. The van der Waals surface area contributed by atoms with E-state index in [2.05, 4.69) is 12.2 Å². The average Bonchev–Trinajstić information content (AvgIpc) is 2.34. The second-order valence-corrected chi connectivity index (χ2v) is 4.98. The Balaban J connectivity index is 3.88. The first-order valence-electron chi connectivity index (χ1n) is 7.00. The van der Waals surface area contributed by atoms with Gasteiger partial charge in [0.25, 0.3) is 0 Å². The van der Waals surface area contributed by atoms with E-state index in [-0.39, 0.29) is 18.2 Å². The molecule has 0 saturated heterocycles. The van der Waals surface area contributed by atoms with Gasteiger partial charge in [-0.3, -0.25) is 9.59 Å². The van der Waals surface area contributed by atoms with E-state index in [1.807, 2.05) is 13.8 Å². The number of nitrogens with one attached hydrogen (secondary N) is 1. The average molecular weight is 257 g/mol. The summed E-state index contributed by atoms with van der Waals surface area (Å²) in [6.45, 7) is 6.68. The predicted octanol–water partition coefficient (Wildman–Crippen LogP) is 2.82. The van der Waals surface area contributed by atoms with Crippen molar-refractivity contribution in [3.8, 4) is 0 Å². The smallest absolute Gasteiger partial charge is 0.303 e. The maximum Gasteiger partial charge on any atom is 0.303 e. The van der Waals surface area contributed by atoms with E-state index >= 15 is 0 Å². The van der Waals surface area contributed by atoms with Crippen LogP contribution in [0.2, 0.25) is 0 Å². The second kappa shape index (κ2) is 9.92. The van der Waals surface area contributed by atoms with Crippen LogP contribution in [0.1, 0.15) is 59.3 Å². The number of carboxylic acids is 1. The molecule has 0 spiro atoms. The van der Waals surface area contributed by atoms with E-state index in [0.29, 0.717) is 18.9 Å². The third-order valence-electron chi connectivity index (χ3n) is 3.38. The van der Waals surface area contributed by atoms with Crippen LogP contribution < -0.4 is 5.32 Å². The molecule has 2 N–H and O–H groups in total. The Morgan fingerprint density at radius 3 is 2.33 bits per heavy atom. The van der Waals surface area contributed by atoms with Crippen LogP contribution in [0.4, 0.5) is 0 Å². The SMILES string of the molecule is CCCC(CCNC(=O)C(C)CC)CCC(=O)O. The Morgan fingerprint density at radius 1 is 1.17 bits per heavy atom. The van der Waals surface area contributed by atoms with Crippen LogP contribution >= 0.6 is 0 Å². The Hall–Kier alpha value is -1.06. The van der Waals surface area contributed by atoms with E-state index < -0.39 is 5.97 Å². The molecule has 0 radical (unpaired) electrons. The zero-order valence-electron chi connectivity index (χ0n) is 11.9. The summed E-state index contributed by atoms with van der Waals surface area (Å²) in [7, 11) is 0. The number of carbonyl (C=O) groups is 2. The molecule has 0 bridgehead atoms. The monoisotopic (exact) mass is 257 g/mol. The summed E-state index contributed by atoms with van der Waals surface area (Å²) < 4.78 is 0. The van der Waals surface area contributed by atoms with Crippen molar-refractivity contribution in [1.82, 2.24) is 5.32 Å². The molecule has 0 aromatic carbocycles.